The van der Waals surface area contributed by atoms with E-state index in [0.717, 1.165) is 25.9 Å². The Bertz CT molecular complexity index is 303. The van der Waals surface area contributed by atoms with Crippen molar-refractivity contribution in [3.8, 4) is 0 Å². The fourth-order valence-corrected chi connectivity index (χ4v) is 3.68. The monoisotopic (exact) mass is 296 g/mol. The van der Waals surface area contributed by atoms with Crippen molar-refractivity contribution in [2.24, 2.45) is 17.1 Å². The molecule has 0 aliphatic heterocycles. The molecule has 0 bridgehead atoms. The molecule has 0 aromatic carbocycles. The van der Waals surface area contributed by atoms with Gasteiger partial charge in [-0.15, -0.1) is 0 Å². The van der Waals surface area contributed by atoms with Gasteiger partial charge in [-0.05, 0) is 50.5 Å². The van der Waals surface area contributed by atoms with Crippen LogP contribution < -0.4 is 5.73 Å². The minimum atomic E-state index is 0.238. The van der Waals surface area contributed by atoms with Crippen LogP contribution >= 0.6 is 0 Å². The summed E-state index contributed by atoms with van der Waals surface area (Å²) in [6, 6.07) is 0.499. The minimum Gasteiger partial charge on any atom is -0.340 e. The van der Waals surface area contributed by atoms with Crippen LogP contribution in [0.25, 0.3) is 0 Å². The highest BCUT2D eigenvalue weighted by molar-refractivity contribution is 5.76. The van der Waals surface area contributed by atoms with Gasteiger partial charge >= 0.3 is 0 Å². The molecule has 0 aromatic rings. The molecule has 0 spiro atoms. The van der Waals surface area contributed by atoms with Crippen LogP contribution in [0.1, 0.15) is 79.1 Å². The van der Waals surface area contributed by atoms with Crippen LogP contribution in [0.2, 0.25) is 0 Å². The molecule has 1 aliphatic rings. The minimum absolute atomic E-state index is 0.238. The van der Waals surface area contributed by atoms with Gasteiger partial charge in [-0.2, -0.15) is 0 Å². The summed E-state index contributed by atoms with van der Waals surface area (Å²) >= 11 is 0. The molecule has 21 heavy (non-hydrogen) atoms. The molecule has 0 aromatic heterocycles. The summed E-state index contributed by atoms with van der Waals surface area (Å²) in [6.45, 7) is 10.5. The first kappa shape index (κ1) is 18.5. The highest BCUT2D eigenvalue weighted by Crippen LogP contribution is 2.32. The predicted molar refractivity (Wildman–Crippen MR) is 90.1 cm³/mol. The second kappa shape index (κ2) is 8.77. The molecule has 3 heteroatoms. The maximum absolute atomic E-state index is 12.6. The van der Waals surface area contributed by atoms with Crippen molar-refractivity contribution in [1.29, 1.82) is 0 Å². The summed E-state index contributed by atoms with van der Waals surface area (Å²) < 4.78 is 0. The van der Waals surface area contributed by atoms with Crippen LogP contribution in [-0.2, 0) is 4.79 Å². The number of nitrogens with zero attached hydrogens (tertiary/aromatic N) is 1. The van der Waals surface area contributed by atoms with Gasteiger partial charge in [-0.1, -0.05) is 40.0 Å². The Morgan fingerprint density at radius 3 is 2.29 bits per heavy atom. The third-order valence-corrected chi connectivity index (χ3v) is 5.12. The van der Waals surface area contributed by atoms with E-state index in [1.165, 1.54) is 32.1 Å². The molecule has 1 rings (SSSR count). The second-order valence-electron chi connectivity index (χ2n) is 7.65. The van der Waals surface area contributed by atoms with Gasteiger partial charge < -0.3 is 10.6 Å². The molecular weight excluding hydrogens is 260 g/mol. The van der Waals surface area contributed by atoms with Gasteiger partial charge in [-0.3, -0.25) is 4.79 Å². The zero-order valence-corrected chi connectivity index (χ0v) is 14.7. The quantitative estimate of drug-likeness (QED) is 0.773. The molecule has 2 N–H and O–H groups in total. The number of nitrogens with two attached hydrogens (primary N) is 1. The lowest BCUT2D eigenvalue weighted by atomic mass is 9.76. The third-order valence-electron chi connectivity index (χ3n) is 5.12. The van der Waals surface area contributed by atoms with Crippen LogP contribution in [0.4, 0.5) is 0 Å². The van der Waals surface area contributed by atoms with Crippen molar-refractivity contribution in [1.82, 2.24) is 4.90 Å². The topological polar surface area (TPSA) is 46.3 Å². The largest absolute Gasteiger partial charge is 0.340 e. The number of hydrogen-bond acceptors (Lipinski definition) is 2. The van der Waals surface area contributed by atoms with Crippen molar-refractivity contribution in [3.05, 3.63) is 0 Å². The number of carbonyl (C=O) groups is 1. The fraction of sp³-hybridized carbons (Fsp3) is 0.944. The van der Waals surface area contributed by atoms with Gasteiger partial charge in [0.05, 0.1) is 0 Å². The summed E-state index contributed by atoms with van der Waals surface area (Å²) in [7, 11) is 0. The Hall–Kier alpha value is -0.570. The van der Waals surface area contributed by atoms with Gasteiger partial charge in [0.1, 0.15) is 0 Å². The second-order valence-corrected chi connectivity index (χ2v) is 7.65. The summed E-state index contributed by atoms with van der Waals surface area (Å²) in [5.41, 5.74) is 5.98. The van der Waals surface area contributed by atoms with E-state index in [2.05, 4.69) is 32.6 Å². The molecule has 1 fully saturated rings. The van der Waals surface area contributed by atoms with E-state index in [4.69, 9.17) is 5.73 Å². The molecule has 0 heterocycles. The van der Waals surface area contributed by atoms with E-state index in [-0.39, 0.29) is 5.41 Å². The van der Waals surface area contributed by atoms with E-state index in [0.29, 0.717) is 24.3 Å². The lowest BCUT2D eigenvalue weighted by molar-refractivity contribution is -0.134. The Balaban J connectivity index is 2.52. The molecule has 1 atom stereocenters. The van der Waals surface area contributed by atoms with Crippen LogP contribution in [0.5, 0.6) is 0 Å². The van der Waals surface area contributed by atoms with Crippen LogP contribution in [0, 0.1) is 11.3 Å². The number of hydrogen-bond donors (Lipinski definition) is 1. The highest BCUT2D eigenvalue weighted by Gasteiger charge is 2.27. The van der Waals surface area contributed by atoms with Crippen LogP contribution in [-0.4, -0.2) is 29.9 Å². The van der Waals surface area contributed by atoms with Crippen LogP contribution in [0.3, 0.4) is 0 Å². The number of carbonyl (C=O) groups excluding carboxylic acids is 1. The standard InChI is InChI=1S/C18H36N2O/c1-5-20(16-9-7-6-8-10-16)17(21)12-11-15(13-14-19)18(2,3)4/h15-16H,5-14,19H2,1-4H3. The Morgan fingerprint density at radius 1 is 1.19 bits per heavy atom. The molecule has 124 valence electrons. The zero-order valence-electron chi connectivity index (χ0n) is 14.7. The summed E-state index contributed by atoms with van der Waals surface area (Å²) in [6.07, 6.45) is 8.99. The van der Waals surface area contributed by atoms with E-state index < -0.39 is 0 Å². The molecule has 1 aliphatic carbocycles. The van der Waals surface area contributed by atoms with Gasteiger partial charge in [-0.25, -0.2) is 0 Å². The third kappa shape index (κ3) is 5.98. The van der Waals surface area contributed by atoms with Crippen molar-refractivity contribution < 1.29 is 4.79 Å². The van der Waals surface area contributed by atoms with Crippen LogP contribution in [0.15, 0.2) is 0 Å². The van der Waals surface area contributed by atoms with Crippen molar-refractivity contribution in [2.75, 3.05) is 13.1 Å². The first-order chi connectivity index (χ1) is 9.90. The smallest absolute Gasteiger partial charge is 0.222 e. The lowest BCUT2D eigenvalue weighted by Gasteiger charge is -2.35. The van der Waals surface area contributed by atoms with Crippen molar-refractivity contribution in [3.63, 3.8) is 0 Å². The van der Waals surface area contributed by atoms with Crippen molar-refractivity contribution in [2.45, 2.75) is 85.1 Å². The SMILES string of the molecule is CCN(C(=O)CCC(CCN)C(C)(C)C)C1CCCCC1. The van der Waals surface area contributed by atoms with Gasteiger partial charge in [0.25, 0.3) is 0 Å². The maximum Gasteiger partial charge on any atom is 0.222 e. The lowest BCUT2D eigenvalue weighted by Crippen LogP contribution is -2.41. The van der Waals surface area contributed by atoms with Crippen molar-refractivity contribution >= 4 is 5.91 Å². The summed E-state index contributed by atoms with van der Waals surface area (Å²) in [5, 5.41) is 0. The molecule has 1 unspecified atom stereocenters. The van der Waals surface area contributed by atoms with Gasteiger partial charge in [0.2, 0.25) is 5.91 Å². The fourth-order valence-electron chi connectivity index (χ4n) is 3.68. The normalized spacial score (nSPS) is 18.5. The van der Waals surface area contributed by atoms with Gasteiger partial charge in [0.15, 0.2) is 0 Å². The number of rotatable bonds is 7. The van der Waals surface area contributed by atoms with Gasteiger partial charge in [0, 0.05) is 19.0 Å². The van der Waals surface area contributed by atoms with E-state index in [1.807, 2.05) is 0 Å². The first-order valence-electron chi connectivity index (χ1n) is 8.89. The van der Waals surface area contributed by atoms with E-state index in [1.54, 1.807) is 0 Å². The van der Waals surface area contributed by atoms with E-state index >= 15 is 0 Å². The Morgan fingerprint density at radius 2 is 1.81 bits per heavy atom. The molecule has 3 nitrogen and oxygen atoms in total. The molecular formula is C18H36N2O. The average Bonchev–Trinajstić information content (AvgIpc) is 2.44. The molecule has 0 saturated heterocycles. The molecule has 1 amide bonds. The Kier molecular flexibility index (Phi) is 7.72. The zero-order chi connectivity index (χ0) is 15.9. The summed E-state index contributed by atoms with van der Waals surface area (Å²) in [4.78, 5) is 14.7. The Labute approximate surface area is 131 Å². The number of amides is 1. The molecule has 0 radical (unpaired) electrons. The highest BCUT2D eigenvalue weighted by atomic mass is 16.2. The van der Waals surface area contributed by atoms with E-state index in [9.17, 15) is 4.79 Å². The first-order valence-corrected chi connectivity index (χ1v) is 8.89. The average molecular weight is 296 g/mol. The predicted octanol–water partition coefficient (Wildman–Crippen LogP) is 3.96. The molecule has 1 saturated carbocycles. The summed E-state index contributed by atoms with van der Waals surface area (Å²) in [5.74, 6) is 0.896. The maximum atomic E-state index is 12.6.